The summed E-state index contributed by atoms with van der Waals surface area (Å²) in [6.45, 7) is 3.26. The number of nitrogens with zero attached hydrogens (tertiary/aromatic N) is 1. The topological polar surface area (TPSA) is 108 Å². The number of ether oxygens (including phenoxy) is 4. The number of carbonyl (C=O) groups is 2. The number of hydrogen-bond donors (Lipinski definition) is 0. The van der Waals surface area contributed by atoms with Gasteiger partial charge in [0.05, 0.1) is 32.8 Å². The van der Waals surface area contributed by atoms with Gasteiger partial charge < -0.3 is 23.8 Å². The third kappa shape index (κ3) is 5.35. The minimum Gasteiger partial charge on any atom is -0.496 e. The largest absolute Gasteiger partial charge is 0.496 e. The number of sulfone groups is 1. The molecule has 0 aromatic heterocycles. The van der Waals surface area contributed by atoms with Gasteiger partial charge in [0.25, 0.3) is 5.91 Å². The molecule has 30 heavy (non-hydrogen) atoms. The van der Waals surface area contributed by atoms with Crippen LogP contribution in [0.25, 0.3) is 0 Å². The first-order valence-electron chi connectivity index (χ1n) is 9.66. The standard InChI is InChI=1S/C20H29NO8S/c1-6-13(2)21(14-7-8-30(24,25)12-14)19(22)11-29-20(23)15-9-17(27-4)18(28-5)10-16(15)26-3/h9-10,13-14H,6-8,11-12H2,1-5H3. The molecule has 1 aromatic carbocycles. The molecule has 0 N–H and O–H groups in total. The summed E-state index contributed by atoms with van der Waals surface area (Å²) in [6.07, 6.45) is 1.04. The number of hydrogen-bond acceptors (Lipinski definition) is 8. The fourth-order valence-corrected chi connectivity index (χ4v) is 5.18. The number of carbonyl (C=O) groups excluding carboxylic acids is 2. The molecule has 9 nitrogen and oxygen atoms in total. The minimum atomic E-state index is -3.16. The predicted octanol–water partition coefficient (Wildman–Crippen LogP) is 1.68. The van der Waals surface area contributed by atoms with Gasteiger partial charge in [-0.3, -0.25) is 4.79 Å². The van der Waals surface area contributed by atoms with Gasteiger partial charge in [-0.05, 0) is 19.8 Å². The van der Waals surface area contributed by atoms with Gasteiger partial charge in [-0.1, -0.05) is 6.92 Å². The van der Waals surface area contributed by atoms with Crippen LogP contribution >= 0.6 is 0 Å². The summed E-state index contributed by atoms with van der Waals surface area (Å²) >= 11 is 0. The Morgan fingerprint density at radius 1 is 1.10 bits per heavy atom. The average molecular weight is 444 g/mol. The number of amides is 1. The Hall–Kier alpha value is -2.49. The van der Waals surface area contributed by atoms with Crippen LogP contribution in [0, 0.1) is 0 Å². The highest BCUT2D eigenvalue weighted by molar-refractivity contribution is 7.91. The number of esters is 1. The van der Waals surface area contributed by atoms with Crippen molar-refractivity contribution < 1.29 is 37.0 Å². The molecule has 2 unspecified atom stereocenters. The Balaban J connectivity index is 2.16. The van der Waals surface area contributed by atoms with E-state index in [-0.39, 0.29) is 28.9 Å². The van der Waals surface area contributed by atoms with Gasteiger partial charge in [-0.2, -0.15) is 0 Å². The molecule has 0 bridgehead atoms. The van der Waals surface area contributed by atoms with Crippen molar-refractivity contribution in [1.82, 2.24) is 4.90 Å². The molecule has 1 aliphatic rings. The molecule has 2 atom stereocenters. The van der Waals surface area contributed by atoms with Gasteiger partial charge in [-0.15, -0.1) is 0 Å². The van der Waals surface area contributed by atoms with Gasteiger partial charge in [0, 0.05) is 24.2 Å². The van der Waals surface area contributed by atoms with Crippen LogP contribution in [0.15, 0.2) is 12.1 Å². The third-order valence-electron chi connectivity index (χ3n) is 5.21. The molecule has 0 radical (unpaired) electrons. The van der Waals surface area contributed by atoms with Crippen molar-refractivity contribution >= 4 is 21.7 Å². The fraction of sp³-hybridized carbons (Fsp3) is 0.600. The quantitative estimate of drug-likeness (QED) is 0.531. The van der Waals surface area contributed by atoms with Gasteiger partial charge in [0.15, 0.2) is 27.9 Å². The van der Waals surface area contributed by atoms with Gasteiger partial charge >= 0.3 is 5.97 Å². The summed E-state index contributed by atoms with van der Waals surface area (Å²) in [5.41, 5.74) is 0.0847. The van der Waals surface area contributed by atoms with Crippen molar-refractivity contribution in [2.45, 2.75) is 38.8 Å². The maximum absolute atomic E-state index is 12.8. The van der Waals surface area contributed by atoms with E-state index >= 15 is 0 Å². The van der Waals surface area contributed by atoms with Gasteiger partial charge in [0.1, 0.15) is 11.3 Å². The lowest BCUT2D eigenvalue weighted by Crippen LogP contribution is -2.48. The van der Waals surface area contributed by atoms with Crippen LogP contribution in [-0.2, 0) is 19.4 Å². The van der Waals surface area contributed by atoms with Crippen molar-refractivity contribution in [2.75, 3.05) is 39.4 Å². The zero-order valence-corrected chi connectivity index (χ0v) is 18.8. The van der Waals surface area contributed by atoms with E-state index in [2.05, 4.69) is 0 Å². The summed E-state index contributed by atoms with van der Waals surface area (Å²) in [5.74, 6) is -0.295. The Morgan fingerprint density at radius 2 is 1.70 bits per heavy atom. The van der Waals surface area contributed by atoms with Crippen LogP contribution in [-0.4, -0.2) is 76.7 Å². The van der Waals surface area contributed by atoms with E-state index in [1.165, 1.54) is 38.4 Å². The molecule has 10 heteroatoms. The van der Waals surface area contributed by atoms with E-state index in [0.717, 1.165) is 0 Å². The molecule has 2 rings (SSSR count). The lowest BCUT2D eigenvalue weighted by atomic mass is 10.1. The molecule has 168 valence electrons. The van der Waals surface area contributed by atoms with Crippen LogP contribution in [0.3, 0.4) is 0 Å². The van der Waals surface area contributed by atoms with Crippen LogP contribution < -0.4 is 14.2 Å². The van der Waals surface area contributed by atoms with Crippen LogP contribution in [0.2, 0.25) is 0 Å². The monoisotopic (exact) mass is 443 g/mol. The number of rotatable bonds is 9. The third-order valence-corrected chi connectivity index (χ3v) is 6.96. The highest BCUT2D eigenvalue weighted by atomic mass is 32.2. The molecular formula is C20H29NO8S. The van der Waals surface area contributed by atoms with E-state index in [9.17, 15) is 18.0 Å². The normalized spacial score (nSPS) is 18.4. The number of methoxy groups -OCH3 is 3. The first kappa shape index (κ1) is 23.8. The molecule has 1 heterocycles. The van der Waals surface area contributed by atoms with Crippen molar-refractivity contribution in [3.8, 4) is 17.2 Å². The smallest absolute Gasteiger partial charge is 0.342 e. The molecule has 1 fully saturated rings. The Kier molecular flexibility index (Phi) is 7.94. The SMILES string of the molecule is CCC(C)N(C(=O)COC(=O)c1cc(OC)c(OC)cc1OC)C1CCS(=O)(=O)C1. The maximum Gasteiger partial charge on any atom is 0.342 e. The van der Waals surface area contributed by atoms with E-state index in [4.69, 9.17) is 18.9 Å². The molecule has 1 amide bonds. The molecule has 1 aliphatic heterocycles. The Morgan fingerprint density at radius 3 is 2.20 bits per heavy atom. The Labute approximate surface area is 177 Å². The summed E-state index contributed by atoms with van der Waals surface area (Å²) in [4.78, 5) is 27.0. The fourth-order valence-electron chi connectivity index (χ4n) is 3.47. The number of benzene rings is 1. The summed E-state index contributed by atoms with van der Waals surface area (Å²) in [5, 5.41) is 0. The van der Waals surface area contributed by atoms with Gasteiger partial charge in [0.2, 0.25) is 0 Å². The van der Waals surface area contributed by atoms with Crippen molar-refractivity contribution in [2.24, 2.45) is 0 Å². The lowest BCUT2D eigenvalue weighted by Gasteiger charge is -2.33. The molecule has 1 saturated heterocycles. The highest BCUT2D eigenvalue weighted by Crippen LogP contribution is 2.35. The van der Waals surface area contributed by atoms with E-state index < -0.39 is 34.4 Å². The van der Waals surface area contributed by atoms with E-state index in [0.29, 0.717) is 24.3 Å². The second kappa shape index (κ2) is 10.0. The molecular weight excluding hydrogens is 414 g/mol. The van der Waals surface area contributed by atoms with Crippen LogP contribution in [0.4, 0.5) is 0 Å². The van der Waals surface area contributed by atoms with E-state index in [1.54, 1.807) is 0 Å². The summed E-state index contributed by atoms with van der Waals surface area (Å²) in [7, 11) is 1.13. The summed E-state index contributed by atoms with van der Waals surface area (Å²) in [6, 6.07) is 2.32. The van der Waals surface area contributed by atoms with Crippen molar-refractivity contribution in [3.05, 3.63) is 17.7 Å². The molecule has 0 saturated carbocycles. The van der Waals surface area contributed by atoms with Crippen LogP contribution in [0.1, 0.15) is 37.0 Å². The second-order valence-corrected chi connectivity index (χ2v) is 9.33. The van der Waals surface area contributed by atoms with Crippen molar-refractivity contribution in [3.63, 3.8) is 0 Å². The second-order valence-electron chi connectivity index (χ2n) is 7.10. The lowest BCUT2D eigenvalue weighted by molar-refractivity contribution is -0.138. The minimum absolute atomic E-state index is 0.0561. The molecule has 1 aromatic rings. The average Bonchev–Trinajstić information content (AvgIpc) is 3.09. The summed E-state index contributed by atoms with van der Waals surface area (Å²) < 4.78 is 44.6. The first-order valence-corrected chi connectivity index (χ1v) is 11.5. The molecule has 0 aliphatic carbocycles. The first-order chi connectivity index (χ1) is 14.2. The van der Waals surface area contributed by atoms with E-state index in [1.807, 2.05) is 13.8 Å². The zero-order chi connectivity index (χ0) is 22.5. The highest BCUT2D eigenvalue weighted by Gasteiger charge is 2.37. The molecule has 0 spiro atoms. The van der Waals surface area contributed by atoms with Crippen LogP contribution in [0.5, 0.6) is 17.2 Å². The van der Waals surface area contributed by atoms with Gasteiger partial charge in [-0.25, -0.2) is 13.2 Å². The van der Waals surface area contributed by atoms with Crippen molar-refractivity contribution in [1.29, 1.82) is 0 Å². The Bertz CT molecular complexity index is 883. The maximum atomic E-state index is 12.8. The predicted molar refractivity (Wildman–Crippen MR) is 110 cm³/mol. The zero-order valence-electron chi connectivity index (χ0n) is 18.0.